The van der Waals surface area contributed by atoms with Crippen LogP contribution >= 0.6 is 24.0 Å². The highest BCUT2D eigenvalue weighted by Gasteiger charge is 2.33. The molecule has 1 amide bonds. The van der Waals surface area contributed by atoms with Crippen LogP contribution in [-0.4, -0.2) is 31.6 Å². The van der Waals surface area contributed by atoms with Gasteiger partial charge in [0.25, 0.3) is 5.91 Å². The van der Waals surface area contributed by atoms with Crippen molar-refractivity contribution in [2.75, 3.05) is 26.2 Å². The van der Waals surface area contributed by atoms with E-state index in [0.717, 1.165) is 5.56 Å². The van der Waals surface area contributed by atoms with Crippen LogP contribution in [0.5, 0.6) is 17.2 Å². The van der Waals surface area contributed by atoms with Gasteiger partial charge in [-0.25, -0.2) is 0 Å². The second kappa shape index (κ2) is 7.80. The number of nitrogens with zero attached hydrogens (tertiary/aromatic N) is 1. The van der Waals surface area contributed by atoms with Gasteiger partial charge in [0, 0.05) is 17.7 Å². The van der Waals surface area contributed by atoms with E-state index in [0.29, 0.717) is 32.2 Å². The summed E-state index contributed by atoms with van der Waals surface area (Å²) < 4.78 is 16.3. The van der Waals surface area contributed by atoms with Crippen molar-refractivity contribution in [3.63, 3.8) is 0 Å². The van der Waals surface area contributed by atoms with Crippen molar-refractivity contribution in [3.05, 3.63) is 52.9 Å². The topological polar surface area (TPSA) is 48.0 Å². The Hall–Kier alpha value is -2.51. The second-order valence-corrected chi connectivity index (χ2v) is 7.00. The Morgan fingerprint density at radius 2 is 1.73 bits per heavy atom. The SMILES string of the molecule is COc1cccc(N2C(=O)C(=Cc3ccc(OC)cc3OC)SC2=S)c1. The molecule has 0 atom stereocenters. The third kappa shape index (κ3) is 3.54. The van der Waals surface area contributed by atoms with Crippen LogP contribution in [0.4, 0.5) is 5.69 Å². The van der Waals surface area contributed by atoms with Gasteiger partial charge in [0.1, 0.15) is 17.2 Å². The van der Waals surface area contributed by atoms with E-state index in [1.807, 2.05) is 30.3 Å². The Balaban J connectivity index is 1.95. The highest BCUT2D eigenvalue weighted by Crippen LogP contribution is 2.38. The summed E-state index contributed by atoms with van der Waals surface area (Å²) in [5.41, 5.74) is 1.45. The van der Waals surface area contributed by atoms with Crippen LogP contribution in [-0.2, 0) is 4.79 Å². The molecule has 0 radical (unpaired) electrons. The molecule has 5 nitrogen and oxygen atoms in total. The summed E-state index contributed by atoms with van der Waals surface area (Å²) in [6, 6.07) is 12.7. The number of ether oxygens (including phenoxy) is 3. The summed E-state index contributed by atoms with van der Waals surface area (Å²) in [5.74, 6) is 1.79. The normalized spacial score (nSPS) is 15.5. The van der Waals surface area contributed by atoms with Gasteiger partial charge in [-0.05, 0) is 30.3 Å². The van der Waals surface area contributed by atoms with Gasteiger partial charge in [0.05, 0.1) is 31.9 Å². The fourth-order valence-electron chi connectivity index (χ4n) is 2.52. The zero-order valence-corrected chi connectivity index (χ0v) is 16.1. The molecule has 7 heteroatoms. The van der Waals surface area contributed by atoms with E-state index in [1.54, 1.807) is 39.5 Å². The maximum Gasteiger partial charge on any atom is 0.270 e. The minimum Gasteiger partial charge on any atom is -0.497 e. The first-order valence-corrected chi connectivity index (χ1v) is 8.94. The Morgan fingerprint density at radius 3 is 2.42 bits per heavy atom. The van der Waals surface area contributed by atoms with E-state index in [2.05, 4.69) is 0 Å². The Morgan fingerprint density at radius 1 is 1.00 bits per heavy atom. The molecule has 0 unspecified atom stereocenters. The molecule has 0 saturated carbocycles. The second-order valence-electron chi connectivity index (χ2n) is 5.33. The molecule has 3 rings (SSSR count). The molecule has 2 aromatic rings. The lowest BCUT2D eigenvalue weighted by atomic mass is 10.1. The lowest BCUT2D eigenvalue weighted by molar-refractivity contribution is -0.113. The van der Waals surface area contributed by atoms with Gasteiger partial charge in [-0.1, -0.05) is 30.0 Å². The van der Waals surface area contributed by atoms with Crippen molar-refractivity contribution in [1.29, 1.82) is 0 Å². The average Bonchev–Trinajstić information content (AvgIpc) is 2.95. The fourth-order valence-corrected chi connectivity index (χ4v) is 3.81. The number of thioether (sulfide) groups is 1. The van der Waals surface area contributed by atoms with Crippen molar-refractivity contribution in [3.8, 4) is 17.2 Å². The Kier molecular flexibility index (Phi) is 5.49. The molecule has 0 spiro atoms. The molecule has 0 bridgehead atoms. The highest BCUT2D eigenvalue weighted by molar-refractivity contribution is 8.27. The van der Waals surface area contributed by atoms with Gasteiger partial charge in [0.15, 0.2) is 4.32 Å². The van der Waals surface area contributed by atoms with Crippen molar-refractivity contribution in [2.24, 2.45) is 0 Å². The Labute approximate surface area is 161 Å². The smallest absolute Gasteiger partial charge is 0.270 e. The number of carbonyl (C=O) groups excluding carboxylic acids is 1. The number of hydrogen-bond donors (Lipinski definition) is 0. The number of benzene rings is 2. The van der Waals surface area contributed by atoms with E-state index in [9.17, 15) is 4.79 Å². The third-order valence-electron chi connectivity index (χ3n) is 3.83. The first-order valence-electron chi connectivity index (χ1n) is 7.71. The maximum atomic E-state index is 12.9. The van der Waals surface area contributed by atoms with Gasteiger partial charge < -0.3 is 14.2 Å². The lowest BCUT2D eigenvalue weighted by Crippen LogP contribution is -2.27. The number of anilines is 1. The molecule has 134 valence electrons. The first-order chi connectivity index (χ1) is 12.6. The van der Waals surface area contributed by atoms with Gasteiger partial charge in [-0.3, -0.25) is 9.69 Å². The minimum absolute atomic E-state index is 0.175. The molecule has 1 fully saturated rings. The van der Waals surface area contributed by atoms with Crippen molar-refractivity contribution in [1.82, 2.24) is 0 Å². The molecule has 1 saturated heterocycles. The zero-order chi connectivity index (χ0) is 18.7. The number of amides is 1. The summed E-state index contributed by atoms with van der Waals surface area (Å²) in [7, 11) is 4.75. The van der Waals surface area contributed by atoms with Crippen LogP contribution in [0.25, 0.3) is 6.08 Å². The van der Waals surface area contributed by atoms with Crippen LogP contribution in [0.1, 0.15) is 5.56 Å². The average molecular weight is 387 g/mol. The number of thiocarbonyl (C=S) groups is 1. The third-order valence-corrected chi connectivity index (χ3v) is 5.13. The minimum atomic E-state index is -0.175. The van der Waals surface area contributed by atoms with Crippen LogP contribution in [0.15, 0.2) is 47.4 Å². The standard InChI is InChI=1S/C19H17NO4S2/c1-22-14-6-4-5-13(10-14)20-18(21)17(26-19(20)25)9-12-7-8-15(23-2)11-16(12)24-3/h4-11H,1-3H3. The van der Waals surface area contributed by atoms with Crippen molar-refractivity contribution >= 4 is 46.0 Å². The summed E-state index contributed by atoms with van der Waals surface area (Å²) >= 11 is 6.66. The first kappa shape index (κ1) is 18.3. The van der Waals surface area contributed by atoms with Crippen molar-refractivity contribution < 1.29 is 19.0 Å². The van der Waals surface area contributed by atoms with E-state index >= 15 is 0 Å². The molecule has 1 aliphatic rings. The zero-order valence-electron chi connectivity index (χ0n) is 14.5. The fraction of sp³-hybridized carbons (Fsp3) is 0.158. The molecule has 2 aromatic carbocycles. The van der Waals surface area contributed by atoms with E-state index in [1.165, 1.54) is 16.7 Å². The molecule has 1 heterocycles. The number of hydrogen-bond acceptors (Lipinski definition) is 6. The van der Waals surface area contributed by atoms with Gasteiger partial charge >= 0.3 is 0 Å². The molecule has 0 aromatic heterocycles. The van der Waals surface area contributed by atoms with E-state index in [-0.39, 0.29) is 5.91 Å². The molecular formula is C19H17NO4S2. The molecule has 1 aliphatic heterocycles. The van der Waals surface area contributed by atoms with Crippen molar-refractivity contribution in [2.45, 2.75) is 0 Å². The number of rotatable bonds is 5. The van der Waals surface area contributed by atoms with Gasteiger partial charge in [-0.2, -0.15) is 0 Å². The molecular weight excluding hydrogens is 370 g/mol. The summed E-state index contributed by atoms with van der Waals surface area (Å²) in [6.07, 6.45) is 1.78. The van der Waals surface area contributed by atoms with E-state index in [4.69, 9.17) is 26.4 Å². The quantitative estimate of drug-likeness (QED) is 0.568. The predicted octanol–water partition coefficient (Wildman–Crippen LogP) is 4.12. The summed E-state index contributed by atoms with van der Waals surface area (Å²) in [4.78, 5) is 14.9. The molecule has 0 N–H and O–H groups in total. The van der Waals surface area contributed by atoms with Crippen LogP contribution in [0.2, 0.25) is 0 Å². The van der Waals surface area contributed by atoms with Gasteiger partial charge in [-0.15, -0.1) is 0 Å². The molecule has 26 heavy (non-hydrogen) atoms. The van der Waals surface area contributed by atoms with Crippen LogP contribution < -0.4 is 19.1 Å². The van der Waals surface area contributed by atoms with E-state index < -0.39 is 0 Å². The predicted molar refractivity (Wildman–Crippen MR) is 108 cm³/mol. The van der Waals surface area contributed by atoms with Crippen LogP contribution in [0.3, 0.4) is 0 Å². The number of methoxy groups -OCH3 is 3. The van der Waals surface area contributed by atoms with Crippen LogP contribution in [0, 0.1) is 0 Å². The Bertz CT molecular complexity index is 895. The monoisotopic (exact) mass is 387 g/mol. The maximum absolute atomic E-state index is 12.9. The lowest BCUT2D eigenvalue weighted by Gasteiger charge is -2.15. The summed E-state index contributed by atoms with van der Waals surface area (Å²) in [6.45, 7) is 0. The summed E-state index contributed by atoms with van der Waals surface area (Å²) in [5, 5.41) is 0. The highest BCUT2D eigenvalue weighted by atomic mass is 32.2. The van der Waals surface area contributed by atoms with Gasteiger partial charge in [0.2, 0.25) is 0 Å². The molecule has 0 aliphatic carbocycles. The number of carbonyl (C=O) groups is 1. The largest absolute Gasteiger partial charge is 0.497 e.